The summed E-state index contributed by atoms with van der Waals surface area (Å²) in [5, 5.41) is 0. The number of amidine groups is 1. The van der Waals surface area contributed by atoms with Gasteiger partial charge in [0.25, 0.3) is 0 Å². The average Bonchev–Trinajstić information content (AvgIpc) is 2.54. The maximum absolute atomic E-state index is 4.40. The topological polar surface area (TPSA) is 49.4 Å². The maximum atomic E-state index is 4.40. The summed E-state index contributed by atoms with van der Waals surface area (Å²) in [7, 11) is 0. The molecule has 4 nitrogen and oxygen atoms in total. The second-order valence-corrected chi connectivity index (χ2v) is 4.18. The van der Waals surface area contributed by atoms with E-state index in [1.807, 2.05) is 6.26 Å². The number of rotatable bonds is 1. The lowest BCUT2D eigenvalue weighted by atomic mass is 10.3. The van der Waals surface area contributed by atoms with E-state index < -0.39 is 4.20 Å². The van der Waals surface area contributed by atoms with Gasteiger partial charge in [0, 0.05) is 0 Å². The van der Waals surface area contributed by atoms with Crippen LogP contribution in [0.15, 0.2) is 20.0 Å². The van der Waals surface area contributed by atoms with Crippen molar-refractivity contribution in [2.24, 2.45) is 20.0 Å². The first-order valence-electron chi connectivity index (χ1n) is 3.26. The Morgan fingerprint density at radius 1 is 1.42 bits per heavy atom. The smallest absolute Gasteiger partial charge is 0.196 e. The fourth-order valence-electron chi connectivity index (χ4n) is 0.957. The van der Waals surface area contributed by atoms with E-state index in [-0.39, 0.29) is 0 Å². The molecule has 0 fully saturated rings. The van der Waals surface area contributed by atoms with Gasteiger partial charge in [0.05, 0.1) is 0 Å². The first-order chi connectivity index (χ1) is 5.76. The summed E-state index contributed by atoms with van der Waals surface area (Å²) in [6.45, 7) is 0. The highest BCUT2D eigenvalue weighted by atomic mass is 32.2. The van der Waals surface area contributed by atoms with E-state index in [1.54, 1.807) is 0 Å². The predicted molar refractivity (Wildman–Crippen MR) is 57.1 cm³/mol. The van der Waals surface area contributed by atoms with Crippen LogP contribution in [0.5, 0.6) is 0 Å². The van der Waals surface area contributed by atoms with Crippen LogP contribution >= 0.6 is 24.4 Å². The molecule has 0 spiro atoms. The number of thiol groups is 1. The highest BCUT2D eigenvalue weighted by Gasteiger charge is 2.36. The Kier molecular flexibility index (Phi) is 1.80. The van der Waals surface area contributed by atoms with Gasteiger partial charge in [-0.25, -0.2) is 20.0 Å². The fourth-order valence-corrected chi connectivity index (χ4v) is 1.66. The number of thioether (sulfide) groups is 1. The summed E-state index contributed by atoms with van der Waals surface area (Å²) in [6.07, 6.45) is 4.87. The van der Waals surface area contributed by atoms with Gasteiger partial charge in [0.2, 0.25) is 0 Å². The van der Waals surface area contributed by atoms with Gasteiger partial charge in [-0.05, 0) is 6.26 Å². The molecular weight excluding hydrogens is 192 g/mol. The minimum absolute atomic E-state index is 0.604. The maximum Gasteiger partial charge on any atom is 0.196 e. The van der Waals surface area contributed by atoms with Crippen LogP contribution in [0.3, 0.4) is 0 Å². The van der Waals surface area contributed by atoms with Crippen LogP contribution < -0.4 is 0 Å². The van der Waals surface area contributed by atoms with Crippen molar-refractivity contribution in [2.75, 3.05) is 6.26 Å². The van der Waals surface area contributed by atoms with Crippen LogP contribution in [0, 0.1) is 0 Å². The van der Waals surface area contributed by atoms with Crippen LogP contribution in [-0.4, -0.2) is 34.7 Å². The van der Waals surface area contributed by atoms with Crippen LogP contribution in [0.25, 0.3) is 0 Å². The zero-order chi connectivity index (χ0) is 8.60. The van der Waals surface area contributed by atoms with Gasteiger partial charge >= 0.3 is 0 Å². The molecule has 0 saturated heterocycles. The zero-order valence-corrected chi connectivity index (χ0v) is 8.01. The van der Waals surface area contributed by atoms with Gasteiger partial charge in [0.15, 0.2) is 10.0 Å². The Labute approximate surface area is 79.4 Å². The minimum Gasteiger partial charge on any atom is -0.239 e. The molecule has 6 heteroatoms. The third-order valence-electron chi connectivity index (χ3n) is 1.58. The molecule has 0 amide bonds. The van der Waals surface area contributed by atoms with E-state index in [0.717, 1.165) is 5.71 Å². The lowest BCUT2D eigenvalue weighted by Crippen LogP contribution is -2.33. The van der Waals surface area contributed by atoms with Gasteiger partial charge in [-0.1, -0.05) is 0 Å². The molecule has 0 aromatic heterocycles. The number of hydrogen-bond donors (Lipinski definition) is 1. The van der Waals surface area contributed by atoms with Crippen LogP contribution in [0.4, 0.5) is 0 Å². The zero-order valence-electron chi connectivity index (χ0n) is 6.30. The quantitative estimate of drug-likeness (QED) is 0.493. The standard InChI is InChI=1S/C6H6N4S2/c1-12-6(11)4-5(8-2-7-4)9-3-10-6/h2-3,11H,1H3. The lowest BCUT2D eigenvalue weighted by molar-refractivity contribution is 1.15. The van der Waals surface area contributed by atoms with Crippen molar-refractivity contribution in [3.63, 3.8) is 0 Å². The molecule has 12 heavy (non-hydrogen) atoms. The predicted octanol–water partition coefficient (Wildman–Crippen LogP) is 0.856. The van der Waals surface area contributed by atoms with E-state index in [0.29, 0.717) is 5.84 Å². The molecule has 0 radical (unpaired) electrons. The highest BCUT2D eigenvalue weighted by Crippen LogP contribution is 2.33. The Hall–Kier alpha value is -0.620. The highest BCUT2D eigenvalue weighted by molar-refractivity contribution is 8.12. The summed E-state index contributed by atoms with van der Waals surface area (Å²) in [5.74, 6) is 0.620. The molecular formula is C6H6N4S2. The first-order valence-corrected chi connectivity index (χ1v) is 4.94. The molecule has 2 rings (SSSR count). The van der Waals surface area contributed by atoms with E-state index in [4.69, 9.17) is 0 Å². The van der Waals surface area contributed by atoms with Crippen LogP contribution in [0.2, 0.25) is 0 Å². The van der Waals surface area contributed by atoms with Gasteiger partial charge < -0.3 is 0 Å². The van der Waals surface area contributed by atoms with Gasteiger partial charge in [-0.3, -0.25) is 0 Å². The summed E-state index contributed by atoms with van der Waals surface area (Å²) in [4.78, 5) is 16.1. The van der Waals surface area contributed by atoms with E-state index in [2.05, 4.69) is 32.6 Å². The molecule has 0 aromatic rings. The fraction of sp³-hybridized carbons (Fsp3) is 0.333. The Morgan fingerprint density at radius 3 is 3.00 bits per heavy atom. The number of aliphatic imine (C=N–C) groups is 4. The van der Waals surface area contributed by atoms with Crippen molar-refractivity contribution in [3.8, 4) is 0 Å². The second-order valence-electron chi connectivity index (χ2n) is 2.23. The SMILES string of the molecule is CSC1(S)N=CN=C2N=CN=C21. The van der Waals surface area contributed by atoms with Crippen LogP contribution in [0.1, 0.15) is 0 Å². The van der Waals surface area contributed by atoms with Crippen molar-refractivity contribution in [1.29, 1.82) is 0 Å². The molecule has 1 atom stereocenters. The molecule has 0 saturated carbocycles. The molecule has 0 bridgehead atoms. The van der Waals surface area contributed by atoms with Gasteiger partial charge in [-0.15, -0.1) is 24.4 Å². The third kappa shape index (κ3) is 1.02. The molecule has 0 aliphatic carbocycles. The Bertz CT molecular complexity index is 330. The lowest BCUT2D eigenvalue weighted by Gasteiger charge is -2.22. The monoisotopic (exact) mass is 198 g/mol. The molecule has 2 aliphatic rings. The van der Waals surface area contributed by atoms with E-state index in [9.17, 15) is 0 Å². The summed E-state index contributed by atoms with van der Waals surface area (Å²) in [5.41, 5.74) is 0.723. The van der Waals surface area contributed by atoms with Gasteiger partial charge in [0.1, 0.15) is 18.4 Å². The molecule has 1 unspecified atom stereocenters. The number of fused-ring (bicyclic) bond motifs is 1. The molecule has 0 aromatic carbocycles. The summed E-state index contributed by atoms with van der Waals surface area (Å²) >= 11 is 5.90. The molecule has 0 N–H and O–H groups in total. The van der Waals surface area contributed by atoms with E-state index in [1.165, 1.54) is 24.4 Å². The summed E-state index contributed by atoms with van der Waals surface area (Å²) < 4.78 is -0.604. The minimum atomic E-state index is -0.604. The van der Waals surface area contributed by atoms with Crippen LogP contribution in [-0.2, 0) is 0 Å². The summed E-state index contributed by atoms with van der Waals surface area (Å²) in [6, 6.07) is 0. The largest absolute Gasteiger partial charge is 0.239 e. The molecule has 62 valence electrons. The first kappa shape index (κ1) is 8.00. The average molecular weight is 198 g/mol. The Morgan fingerprint density at radius 2 is 2.25 bits per heavy atom. The molecule has 2 heterocycles. The van der Waals surface area contributed by atoms with Crippen molar-refractivity contribution in [3.05, 3.63) is 0 Å². The van der Waals surface area contributed by atoms with Crippen molar-refractivity contribution >= 4 is 48.6 Å². The van der Waals surface area contributed by atoms with Crippen molar-refractivity contribution in [2.45, 2.75) is 4.20 Å². The van der Waals surface area contributed by atoms with E-state index >= 15 is 0 Å². The van der Waals surface area contributed by atoms with Crippen molar-refractivity contribution in [1.82, 2.24) is 0 Å². The molecule has 2 aliphatic heterocycles. The number of hydrogen-bond acceptors (Lipinski definition) is 6. The van der Waals surface area contributed by atoms with Gasteiger partial charge in [-0.2, -0.15) is 0 Å². The normalized spacial score (nSPS) is 31.5. The number of nitrogens with zero attached hydrogens (tertiary/aromatic N) is 4. The van der Waals surface area contributed by atoms with Crippen molar-refractivity contribution < 1.29 is 0 Å². The third-order valence-corrected chi connectivity index (χ3v) is 3.33. The Balaban J connectivity index is 2.45. The second kappa shape index (κ2) is 2.70.